The average Bonchev–Trinajstić information content (AvgIpc) is 2.70. The van der Waals surface area contributed by atoms with Gasteiger partial charge in [-0.05, 0) is 107 Å². The van der Waals surface area contributed by atoms with Gasteiger partial charge in [-0.15, -0.1) is 0 Å². The third-order valence-corrected chi connectivity index (χ3v) is 6.76. The highest BCUT2D eigenvalue weighted by molar-refractivity contribution is 7.80. The van der Waals surface area contributed by atoms with E-state index in [4.69, 9.17) is 23.8 Å². The first-order valence-electron chi connectivity index (χ1n) is 11.2. The summed E-state index contributed by atoms with van der Waals surface area (Å²) in [6, 6.07) is 11.3. The van der Waals surface area contributed by atoms with Gasteiger partial charge in [0.1, 0.15) is 5.57 Å². The Hall–Kier alpha value is -2.96. The van der Waals surface area contributed by atoms with Crippen molar-refractivity contribution in [3.63, 3.8) is 0 Å². The number of carbonyl (C=O) groups excluding carboxylic acids is 2. The normalized spacial score (nSPS) is 18.9. The van der Waals surface area contributed by atoms with Gasteiger partial charge in [-0.2, -0.15) is 0 Å². The van der Waals surface area contributed by atoms with E-state index in [2.05, 4.69) is 63.0 Å². The van der Waals surface area contributed by atoms with Crippen molar-refractivity contribution in [1.29, 1.82) is 0 Å². The molecule has 2 aliphatic rings. The molecule has 2 amide bonds. The second-order valence-electron chi connectivity index (χ2n) is 9.61. The average molecular weight is 494 g/mol. The van der Waals surface area contributed by atoms with Crippen LogP contribution in [-0.4, -0.2) is 28.5 Å². The third-order valence-electron chi connectivity index (χ3n) is 6.24. The second kappa shape index (κ2) is 8.67. The molecule has 0 unspecified atom stereocenters. The lowest BCUT2D eigenvalue weighted by Crippen LogP contribution is -2.54. The van der Waals surface area contributed by atoms with Crippen LogP contribution in [0.25, 0.3) is 11.6 Å². The largest absolute Gasteiger partial charge is 0.360 e. The molecule has 5 nitrogen and oxygen atoms in total. The lowest BCUT2D eigenvalue weighted by molar-refractivity contribution is -0.122. The molecule has 4 rings (SSSR count). The van der Waals surface area contributed by atoms with E-state index in [1.165, 1.54) is 4.90 Å². The smallest absolute Gasteiger partial charge is 0.270 e. The number of benzene rings is 2. The van der Waals surface area contributed by atoms with E-state index in [9.17, 15) is 9.59 Å². The number of halogens is 1. The molecule has 34 heavy (non-hydrogen) atoms. The van der Waals surface area contributed by atoms with E-state index in [0.29, 0.717) is 16.8 Å². The molecule has 0 radical (unpaired) electrons. The highest BCUT2D eigenvalue weighted by Gasteiger charge is 2.36. The zero-order valence-corrected chi connectivity index (χ0v) is 21.8. The van der Waals surface area contributed by atoms with Crippen molar-refractivity contribution in [2.24, 2.45) is 0 Å². The zero-order chi connectivity index (χ0) is 24.9. The number of aryl methyl sites for hydroxylation is 1. The van der Waals surface area contributed by atoms with Gasteiger partial charge >= 0.3 is 0 Å². The Labute approximate surface area is 211 Å². The van der Waals surface area contributed by atoms with Crippen molar-refractivity contribution in [2.45, 2.75) is 53.1 Å². The number of carbonyl (C=O) groups is 2. The van der Waals surface area contributed by atoms with Gasteiger partial charge < -0.3 is 4.90 Å². The molecule has 1 N–H and O–H groups in total. The van der Waals surface area contributed by atoms with Crippen LogP contribution in [0.4, 0.5) is 11.4 Å². The minimum Gasteiger partial charge on any atom is -0.360 e. The zero-order valence-electron chi connectivity index (χ0n) is 20.2. The minimum absolute atomic E-state index is 0.0233. The van der Waals surface area contributed by atoms with Gasteiger partial charge in [0.25, 0.3) is 11.8 Å². The number of allylic oxidation sites excluding steroid dienone is 1. The summed E-state index contributed by atoms with van der Waals surface area (Å²) in [5.74, 6) is -0.993. The van der Waals surface area contributed by atoms with Crippen LogP contribution in [0.15, 0.2) is 48.0 Å². The lowest BCUT2D eigenvalue weighted by atomic mass is 9.85. The third kappa shape index (κ3) is 4.17. The molecule has 176 valence electrons. The summed E-state index contributed by atoms with van der Waals surface area (Å²) in [5, 5.41) is 3.14. The number of amides is 2. The summed E-state index contributed by atoms with van der Waals surface area (Å²) >= 11 is 11.4. The summed E-state index contributed by atoms with van der Waals surface area (Å²) in [7, 11) is 0. The van der Waals surface area contributed by atoms with Crippen LogP contribution in [0, 0.1) is 6.92 Å². The molecule has 7 heteroatoms. The van der Waals surface area contributed by atoms with Crippen molar-refractivity contribution < 1.29 is 9.59 Å². The van der Waals surface area contributed by atoms with Gasteiger partial charge in [0, 0.05) is 22.3 Å². The highest BCUT2D eigenvalue weighted by Crippen LogP contribution is 2.42. The van der Waals surface area contributed by atoms with Crippen molar-refractivity contribution in [3.05, 3.63) is 69.8 Å². The minimum atomic E-state index is -0.511. The van der Waals surface area contributed by atoms with Crippen molar-refractivity contribution >= 4 is 63.8 Å². The quantitative estimate of drug-likeness (QED) is 0.329. The van der Waals surface area contributed by atoms with Gasteiger partial charge in [0.2, 0.25) is 0 Å². The van der Waals surface area contributed by atoms with Gasteiger partial charge in [0.15, 0.2) is 5.11 Å². The lowest BCUT2D eigenvalue weighted by Gasteiger charge is -2.46. The molecule has 2 aliphatic heterocycles. The van der Waals surface area contributed by atoms with E-state index in [-0.39, 0.29) is 16.2 Å². The van der Waals surface area contributed by atoms with Gasteiger partial charge in [-0.3, -0.25) is 19.8 Å². The molecule has 2 aromatic carbocycles. The van der Waals surface area contributed by atoms with Gasteiger partial charge in [-0.25, -0.2) is 0 Å². The monoisotopic (exact) mass is 493 g/mol. The van der Waals surface area contributed by atoms with Crippen LogP contribution in [-0.2, 0) is 9.59 Å². The van der Waals surface area contributed by atoms with Crippen molar-refractivity contribution in [2.75, 3.05) is 9.80 Å². The summed E-state index contributed by atoms with van der Waals surface area (Å²) in [4.78, 5) is 29.9. The van der Waals surface area contributed by atoms with E-state index in [0.717, 1.165) is 28.0 Å². The molecule has 0 atom stereocenters. The SMILES string of the molecule is CC1=CC(C)(C)N(C(C)C)c2cc(C)c(/C=C3\C(=O)NC(=S)N(c4cccc(Cl)c4)C3=O)cc21. The van der Waals surface area contributed by atoms with E-state index in [1.54, 1.807) is 30.3 Å². The molecule has 2 aromatic rings. The predicted molar refractivity (Wildman–Crippen MR) is 144 cm³/mol. The molecule has 2 heterocycles. The fourth-order valence-electron chi connectivity index (χ4n) is 4.97. The van der Waals surface area contributed by atoms with Crippen LogP contribution < -0.4 is 15.1 Å². The molecular weight excluding hydrogens is 466 g/mol. The second-order valence-corrected chi connectivity index (χ2v) is 10.4. The van der Waals surface area contributed by atoms with E-state index < -0.39 is 11.8 Å². The van der Waals surface area contributed by atoms with Crippen molar-refractivity contribution in [3.8, 4) is 0 Å². The molecular formula is C27H28ClN3O2S. The van der Waals surface area contributed by atoms with Gasteiger partial charge in [-0.1, -0.05) is 23.7 Å². The van der Waals surface area contributed by atoms with E-state index in [1.807, 2.05) is 6.92 Å². The van der Waals surface area contributed by atoms with Crippen LogP contribution in [0.3, 0.4) is 0 Å². The first-order valence-corrected chi connectivity index (χ1v) is 12.0. The number of hydrogen-bond acceptors (Lipinski definition) is 4. The van der Waals surface area contributed by atoms with Crippen LogP contribution in [0.1, 0.15) is 51.3 Å². The summed E-state index contributed by atoms with van der Waals surface area (Å²) in [6.45, 7) is 12.9. The molecule has 1 fully saturated rings. The van der Waals surface area contributed by atoms with Gasteiger partial charge in [0.05, 0.1) is 11.2 Å². The molecule has 0 bridgehead atoms. The summed E-state index contributed by atoms with van der Waals surface area (Å²) in [6.07, 6.45) is 3.92. The maximum absolute atomic E-state index is 13.4. The predicted octanol–water partition coefficient (Wildman–Crippen LogP) is 5.89. The molecule has 0 spiro atoms. The highest BCUT2D eigenvalue weighted by atomic mass is 35.5. The Morgan fingerprint density at radius 3 is 2.47 bits per heavy atom. The van der Waals surface area contributed by atoms with Crippen LogP contribution in [0.2, 0.25) is 5.02 Å². The number of nitrogens with one attached hydrogen (secondary N) is 1. The van der Waals surface area contributed by atoms with Crippen LogP contribution >= 0.6 is 23.8 Å². The Morgan fingerprint density at radius 1 is 1.12 bits per heavy atom. The molecule has 1 saturated heterocycles. The van der Waals surface area contributed by atoms with E-state index >= 15 is 0 Å². The number of rotatable bonds is 3. The number of fused-ring (bicyclic) bond motifs is 1. The topological polar surface area (TPSA) is 52.7 Å². The maximum atomic E-state index is 13.4. The standard InChI is InChI=1S/C27H28ClN3O2S/c1-15(2)31-23-10-16(3)18(11-21(23)17(4)14-27(31,5)6)12-22-24(32)29-26(34)30(25(22)33)20-9-7-8-19(28)13-20/h7-15H,1-6H3,(H,29,32,34)/b22-12+. The first-order chi connectivity index (χ1) is 15.9. The molecule has 0 aromatic heterocycles. The number of nitrogens with zero attached hydrogens (tertiary/aromatic N) is 2. The van der Waals surface area contributed by atoms with Crippen LogP contribution in [0.5, 0.6) is 0 Å². The molecule has 0 aliphatic carbocycles. The number of anilines is 2. The Balaban J connectivity index is 1.81. The molecule has 0 saturated carbocycles. The number of thiocarbonyl (C=S) groups is 1. The first kappa shape index (κ1) is 24.2. The van der Waals surface area contributed by atoms with Crippen molar-refractivity contribution in [1.82, 2.24) is 5.32 Å². The maximum Gasteiger partial charge on any atom is 0.270 e. The fraction of sp³-hybridized carbons (Fsp3) is 0.296. The number of hydrogen-bond donors (Lipinski definition) is 1. The summed E-state index contributed by atoms with van der Waals surface area (Å²) in [5.41, 5.74) is 5.61. The summed E-state index contributed by atoms with van der Waals surface area (Å²) < 4.78 is 0. The fourth-order valence-corrected chi connectivity index (χ4v) is 5.44. The Bertz CT molecular complexity index is 1290. The Kier molecular flexibility index (Phi) is 6.17. The Morgan fingerprint density at radius 2 is 1.82 bits per heavy atom.